The van der Waals surface area contributed by atoms with E-state index in [1.165, 1.54) is 11.3 Å². The number of nitrogens with one attached hydrogen (secondary N) is 1. The Morgan fingerprint density at radius 1 is 1.32 bits per heavy atom. The van der Waals surface area contributed by atoms with Crippen LogP contribution in [0.5, 0.6) is 0 Å². The molecule has 1 amide bonds. The Balaban J connectivity index is 1.48. The lowest BCUT2D eigenvalue weighted by Crippen LogP contribution is -2.47. The molecule has 2 aromatic heterocycles. The molecule has 0 radical (unpaired) electrons. The molecule has 0 aromatic carbocycles. The number of aromatic nitrogens is 2. The minimum atomic E-state index is -0.0469. The van der Waals surface area contributed by atoms with Crippen molar-refractivity contribution >= 4 is 28.1 Å². The molecule has 8 heteroatoms. The van der Waals surface area contributed by atoms with E-state index < -0.39 is 0 Å². The summed E-state index contributed by atoms with van der Waals surface area (Å²) in [6.07, 6.45) is 0.423. The van der Waals surface area contributed by atoms with Crippen LogP contribution in [0, 0.1) is 18.3 Å². The van der Waals surface area contributed by atoms with E-state index in [9.17, 15) is 4.79 Å². The summed E-state index contributed by atoms with van der Waals surface area (Å²) in [5, 5.41) is 14.3. The Bertz CT molecular complexity index is 864. The van der Waals surface area contributed by atoms with E-state index in [-0.39, 0.29) is 5.91 Å². The van der Waals surface area contributed by atoms with Gasteiger partial charge in [0.15, 0.2) is 0 Å². The number of hydrogen-bond donors (Lipinski definition) is 1. The summed E-state index contributed by atoms with van der Waals surface area (Å²) in [7, 11) is 0. The SMILES string of the molecule is Cc1cc(N2CCN(CCC(=O)Nc3sccc3C#N)CC2)nc(C(C)C)n1. The van der Waals surface area contributed by atoms with Crippen molar-refractivity contribution in [3.8, 4) is 6.07 Å². The van der Waals surface area contributed by atoms with Gasteiger partial charge in [-0.25, -0.2) is 9.97 Å². The summed E-state index contributed by atoms with van der Waals surface area (Å²) in [5.41, 5.74) is 1.52. The lowest BCUT2D eigenvalue weighted by atomic mass is 10.2. The molecular weight excluding hydrogens is 372 g/mol. The average molecular weight is 399 g/mol. The molecule has 0 bridgehead atoms. The van der Waals surface area contributed by atoms with Crippen molar-refractivity contribution in [3.05, 3.63) is 34.6 Å². The largest absolute Gasteiger partial charge is 0.354 e. The normalized spacial score (nSPS) is 14.9. The number of anilines is 2. The van der Waals surface area contributed by atoms with E-state index in [0.717, 1.165) is 43.5 Å². The third-order valence-electron chi connectivity index (χ3n) is 4.76. The number of rotatable bonds is 6. The maximum absolute atomic E-state index is 12.2. The van der Waals surface area contributed by atoms with Crippen LogP contribution >= 0.6 is 11.3 Å². The van der Waals surface area contributed by atoms with E-state index in [0.29, 0.717) is 29.4 Å². The zero-order chi connectivity index (χ0) is 20.1. The lowest BCUT2D eigenvalue weighted by Gasteiger charge is -2.35. The van der Waals surface area contributed by atoms with Crippen molar-refractivity contribution in [1.29, 1.82) is 5.26 Å². The molecule has 0 aliphatic carbocycles. The van der Waals surface area contributed by atoms with Gasteiger partial charge in [0.2, 0.25) is 5.91 Å². The van der Waals surface area contributed by atoms with Crippen molar-refractivity contribution in [2.24, 2.45) is 0 Å². The molecule has 1 aliphatic rings. The highest BCUT2D eigenvalue weighted by atomic mass is 32.1. The summed E-state index contributed by atoms with van der Waals surface area (Å²) >= 11 is 1.38. The molecule has 0 saturated carbocycles. The fourth-order valence-corrected chi connectivity index (χ4v) is 3.89. The number of nitrogens with zero attached hydrogens (tertiary/aromatic N) is 5. The molecule has 0 atom stereocenters. The van der Waals surface area contributed by atoms with Crippen LogP contribution in [0.1, 0.15) is 43.3 Å². The number of hydrogen-bond acceptors (Lipinski definition) is 7. The molecule has 2 aromatic rings. The highest BCUT2D eigenvalue weighted by Crippen LogP contribution is 2.22. The van der Waals surface area contributed by atoms with Gasteiger partial charge in [0.05, 0.1) is 5.56 Å². The zero-order valence-electron chi connectivity index (χ0n) is 16.6. The number of thiophene rings is 1. The zero-order valence-corrected chi connectivity index (χ0v) is 17.4. The predicted molar refractivity (Wildman–Crippen MR) is 112 cm³/mol. The van der Waals surface area contributed by atoms with E-state index in [4.69, 9.17) is 10.2 Å². The Kier molecular flexibility index (Phi) is 6.60. The highest BCUT2D eigenvalue weighted by molar-refractivity contribution is 7.14. The van der Waals surface area contributed by atoms with Crippen LogP contribution < -0.4 is 10.2 Å². The molecule has 28 heavy (non-hydrogen) atoms. The quantitative estimate of drug-likeness (QED) is 0.805. The molecule has 1 saturated heterocycles. The van der Waals surface area contributed by atoms with Gasteiger partial charge in [0.25, 0.3) is 0 Å². The van der Waals surface area contributed by atoms with Gasteiger partial charge in [-0.3, -0.25) is 9.69 Å². The summed E-state index contributed by atoms with van der Waals surface area (Å²) in [6, 6.07) is 5.86. The molecule has 0 unspecified atom stereocenters. The minimum Gasteiger partial charge on any atom is -0.354 e. The molecule has 0 spiro atoms. The third kappa shape index (κ3) is 5.06. The maximum atomic E-state index is 12.2. The first-order valence-corrected chi connectivity index (χ1v) is 10.4. The fraction of sp³-hybridized carbons (Fsp3) is 0.500. The minimum absolute atomic E-state index is 0.0469. The van der Waals surface area contributed by atoms with Crippen LogP contribution in [0.25, 0.3) is 0 Å². The van der Waals surface area contributed by atoms with Gasteiger partial charge >= 0.3 is 0 Å². The Morgan fingerprint density at radius 2 is 2.07 bits per heavy atom. The van der Waals surface area contributed by atoms with Gasteiger partial charge in [0.1, 0.15) is 22.7 Å². The van der Waals surface area contributed by atoms with Gasteiger partial charge in [-0.05, 0) is 18.4 Å². The van der Waals surface area contributed by atoms with Crippen molar-refractivity contribution in [2.45, 2.75) is 33.1 Å². The molecular formula is C20H26N6OS. The number of piperazine rings is 1. The number of aryl methyl sites for hydroxylation is 1. The second kappa shape index (κ2) is 9.13. The molecule has 1 aliphatic heterocycles. The van der Waals surface area contributed by atoms with Crippen LogP contribution in [0.4, 0.5) is 10.8 Å². The van der Waals surface area contributed by atoms with Crippen molar-refractivity contribution < 1.29 is 4.79 Å². The summed E-state index contributed by atoms with van der Waals surface area (Å²) in [4.78, 5) is 26.0. The van der Waals surface area contributed by atoms with Crippen LogP contribution in [-0.2, 0) is 4.79 Å². The monoisotopic (exact) mass is 398 g/mol. The van der Waals surface area contributed by atoms with E-state index >= 15 is 0 Å². The van der Waals surface area contributed by atoms with E-state index in [2.05, 4.69) is 40.0 Å². The second-order valence-corrected chi connectivity index (χ2v) is 8.20. The van der Waals surface area contributed by atoms with Crippen molar-refractivity contribution in [2.75, 3.05) is 42.9 Å². The third-order valence-corrected chi connectivity index (χ3v) is 5.59. The van der Waals surface area contributed by atoms with Crippen molar-refractivity contribution in [1.82, 2.24) is 14.9 Å². The first kappa shape index (κ1) is 20.2. The van der Waals surface area contributed by atoms with Gasteiger partial charge in [-0.2, -0.15) is 5.26 Å². The first-order chi connectivity index (χ1) is 13.5. The second-order valence-electron chi connectivity index (χ2n) is 7.28. The van der Waals surface area contributed by atoms with Gasteiger partial charge < -0.3 is 10.2 Å². The van der Waals surface area contributed by atoms with E-state index in [1.807, 2.05) is 18.4 Å². The Labute approximate surface area is 170 Å². The number of carbonyl (C=O) groups excluding carboxylic acids is 1. The van der Waals surface area contributed by atoms with Crippen LogP contribution in [0.3, 0.4) is 0 Å². The smallest absolute Gasteiger partial charge is 0.226 e. The molecule has 3 heterocycles. The van der Waals surface area contributed by atoms with Gasteiger partial charge in [-0.1, -0.05) is 13.8 Å². The van der Waals surface area contributed by atoms with Crippen LogP contribution in [0.15, 0.2) is 17.5 Å². The lowest BCUT2D eigenvalue weighted by molar-refractivity contribution is -0.116. The molecule has 1 fully saturated rings. The summed E-state index contributed by atoms with van der Waals surface area (Å²) in [5.74, 6) is 2.15. The molecule has 7 nitrogen and oxygen atoms in total. The van der Waals surface area contributed by atoms with Crippen LogP contribution in [-0.4, -0.2) is 53.5 Å². The van der Waals surface area contributed by atoms with E-state index in [1.54, 1.807) is 6.07 Å². The average Bonchev–Trinajstić information content (AvgIpc) is 3.13. The predicted octanol–water partition coefficient (Wildman–Crippen LogP) is 2.99. The first-order valence-electron chi connectivity index (χ1n) is 9.56. The highest BCUT2D eigenvalue weighted by Gasteiger charge is 2.20. The number of nitriles is 1. The van der Waals surface area contributed by atoms with Crippen LogP contribution in [0.2, 0.25) is 0 Å². The molecule has 3 rings (SSSR count). The topological polar surface area (TPSA) is 85.1 Å². The summed E-state index contributed by atoms with van der Waals surface area (Å²) in [6.45, 7) is 10.5. The summed E-state index contributed by atoms with van der Waals surface area (Å²) < 4.78 is 0. The standard InChI is InChI=1S/C20H26N6OS/c1-14(2)19-22-15(3)12-17(23-19)26-9-7-25(8-10-26)6-4-18(27)24-20-16(13-21)5-11-28-20/h5,11-12,14H,4,6-10H2,1-3H3,(H,24,27). The Morgan fingerprint density at radius 3 is 2.75 bits per heavy atom. The number of carbonyl (C=O) groups is 1. The maximum Gasteiger partial charge on any atom is 0.226 e. The van der Waals surface area contributed by atoms with Crippen molar-refractivity contribution in [3.63, 3.8) is 0 Å². The molecule has 148 valence electrons. The fourth-order valence-electron chi connectivity index (χ4n) is 3.14. The van der Waals surface area contributed by atoms with Gasteiger partial charge in [-0.15, -0.1) is 11.3 Å². The number of amides is 1. The Hall–Kier alpha value is -2.50. The van der Waals surface area contributed by atoms with Gasteiger partial charge in [0, 0.05) is 56.8 Å². The molecule has 1 N–H and O–H groups in total.